The summed E-state index contributed by atoms with van der Waals surface area (Å²) in [7, 11) is -2.26. The summed E-state index contributed by atoms with van der Waals surface area (Å²) in [5, 5.41) is 0. The summed E-state index contributed by atoms with van der Waals surface area (Å²) in [5.74, 6) is 3.61. The van der Waals surface area contributed by atoms with Crippen molar-refractivity contribution in [2.24, 2.45) is 34.5 Å². The number of aldehydes is 1. The van der Waals surface area contributed by atoms with E-state index in [9.17, 15) is 4.79 Å². The highest BCUT2D eigenvalue weighted by Crippen LogP contribution is 2.56. The first-order valence-electron chi connectivity index (χ1n) is 13.6. The summed E-state index contributed by atoms with van der Waals surface area (Å²) >= 11 is 0. The third-order valence-corrected chi connectivity index (χ3v) is 9.40. The van der Waals surface area contributed by atoms with Gasteiger partial charge in [-0.05, 0) is 68.1 Å². The highest BCUT2D eigenvalue weighted by molar-refractivity contribution is 6.48. The molecular weight excluding hydrogens is 452 g/mol. The van der Waals surface area contributed by atoms with Gasteiger partial charge in [-0.25, -0.2) is 0 Å². The molecule has 0 heterocycles. The summed E-state index contributed by atoms with van der Waals surface area (Å²) < 4.78 is 12.7. The smallest absolute Gasteiger partial charge is 0.171 e. The van der Waals surface area contributed by atoms with Crippen LogP contribution in [0.5, 0.6) is 0 Å². The van der Waals surface area contributed by atoms with Gasteiger partial charge in [0.15, 0.2) is 18.1 Å². The Morgan fingerprint density at radius 2 is 1.71 bits per heavy atom. The van der Waals surface area contributed by atoms with Gasteiger partial charge in [-0.15, -0.1) is 12.3 Å². The van der Waals surface area contributed by atoms with Gasteiger partial charge in [0.05, 0.1) is 5.60 Å². The lowest BCUT2D eigenvalue weighted by Crippen LogP contribution is -2.51. The van der Waals surface area contributed by atoms with E-state index in [4.69, 9.17) is 15.3 Å². The lowest BCUT2D eigenvalue weighted by Gasteiger charge is -2.48. The van der Waals surface area contributed by atoms with Crippen molar-refractivity contribution in [3.8, 4) is 12.3 Å². The van der Waals surface area contributed by atoms with Crippen molar-refractivity contribution >= 4 is 24.4 Å². The van der Waals surface area contributed by atoms with Crippen molar-refractivity contribution < 1.29 is 13.6 Å². The predicted molar refractivity (Wildman–Crippen MR) is 152 cm³/mol. The molecule has 0 radical (unpaired) electrons. The summed E-state index contributed by atoms with van der Waals surface area (Å²) in [6.45, 7) is 23.7. The average molecular weight is 507 g/mol. The zero-order chi connectivity index (χ0) is 26.2. The molecule has 0 aromatic carbocycles. The van der Waals surface area contributed by atoms with E-state index in [-0.39, 0.29) is 34.2 Å². The molecule has 1 aliphatic rings. The van der Waals surface area contributed by atoms with E-state index in [0.29, 0.717) is 12.3 Å². The Morgan fingerprint density at radius 3 is 2.18 bits per heavy atom. The molecule has 0 aromatic heterocycles. The number of hydrogen-bond donors (Lipinski definition) is 0. The number of unbranched alkanes of at least 4 members (excludes halogenated alkanes) is 2. The number of rotatable bonds is 13. The monoisotopic (exact) mass is 506 g/mol. The Balaban J connectivity index is 3.20. The number of carbonyl (C=O) groups is 1. The molecule has 1 aliphatic carbocycles. The fraction of sp³-hybridized carbons (Fsp3) is 0.828. The predicted octanol–water partition coefficient (Wildman–Crippen LogP) is 7.02. The van der Waals surface area contributed by atoms with E-state index in [2.05, 4.69) is 85.8 Å². The van der Waals surface area contributed by atoms with E-state index in [1.165, 1.54) is 19.3 Å². The number of carbonyl (C=O) groups excluding carboxylic acids is 1. The highest BCUT2D eigenvalue weighted by Gasteiger charge is 2.58. The SMILES string of the molecule is C#CC[C@@H]1[C@@H](C=C[C@H](CCCCCO[SiH](C)C)C(C)(C)C)[C@@](O[SiH](C)C)(C(C)(C)C)C[C@@H]1C=O. The van der Waals surface area contributed by atoms with Crippen molar-refractivity contribution in [1.29, 1.82) is 0 Å². The van der Waals surface area contributed by atoms with Crippen LogP contribution < -0.4 is 0 Å². The first-order valence-corrected chi connectivity index (χ1v) is 19.1. The van der Waals surface area contributed by atoms with Crippen molar-refractivity contribution in [2.75, 3.05) is 6.61 Å². The van der Waals surface area contributed by atoms with Crippen LogP contribution in [0.15, 0.2) is 12.2 Å². The largest absolute Gasteiger partial charge is 0.421 e. The van der Waals surface area contributed by atoms with Gasteiger partial charge in [0.1, 0.15) is 6.29 Å². The Kier molecular flexibility index (Phi) is 12.5. The maximum Gasteiger partial charge on any atom is 0.171 e. The fourth-order valence-corrected chi connectivity index (χ4v) is 7.76. The number of terminal acetylenes is 1. The fourth-order valence-electron chi connectivity index (χ4n) is 5.68. The topological polar surface area (TPSA) is 35.5 Å². The van der Waals surface area contributed by atoms with Gasteiger partial charge in [0.25, 0.3) is 0 Å². The molecule has 0 aliphatic heterocycles. The Morgan fingerprint density at radius 1 is 1.06 bits per heavy atom. The van der Waals surface area contributed by atoms with Crippen LogP contribution in [-0.4, -0.2) is 36.6 Å². The summed E-state index contributed by atoms with van der Waals surface area (Å²) in [6.07, 6.45) is 18.0. The third-order valence-electron chi connectivity index (χ3n) is 7.61. The van der Waals surface area contributed by atoms with Gasteiger partial charge in [-0.2, -0.15) is 0 Å². The van der Waals surface area contributed by atoms with Gasteiger partial charge < -0.3 is 13.6 Å². The first kappa shape index (κ1) is 31.4. The normalized spacial score (nSPS) is 27.0. The average Bonchev–Trinajstić information content (AvgIpc) is 2.99. The van der Waals surface area contributed by atoms with Gasteiger partial charge in [-0.1, -0.05) is 66.5 Å². The van der Waals surface area contributed by atoms with E-state index in [1.54, 1.807) is 0 Å². The molecule has 0 spiro atoms. The molecular formula is C29H54O3Si2. The molecule has 0 saturated heterocycles. The van der Waals surface area contributed by atoms with Crippen molar-refractivity contribution in [1.82, 2.24) is 0 Å². The zero-order valence-corrected chi connectivity index (χ0v) is 26.3. The maximum absolute atomic E-state index is 12.2. The number of allylic oxidation sites excluding steroid dienone is 1. The van der Waals surface area contributed by atoms with Crippen LogP contribution in [0.1, 0.15) is 80.1 Å². The van der Waals surface area contributed by atoms with Gasteiger partial charge in [0.2, 0.25) is 0 Å². The number of hydrogen-bond acceptors (Lipinski definition) is 3. The van der Waals surface area contributed by atoms with Crippen molar-refractivity contribution in [2.45, 2.75) is 112 Å². The lowest BCUT2D eigenvalue weighted by atomic mass is 9.68. The van der Waals surface area contributed by atoms with Gasteiger partial charge in [-0.3, -0.25) is 0 Å². The first-order chi connectivity index (χ1) is 15.7. The molecule has 34 heavy (non-hydrogen) atoms. The lowest BCUT2D eigenvalue weighted by molar-refractivity contribution is -0.112. The van der Waals surface area contributed by atoms with Crippen LogP contribution in [0, 0.1) is 46.8 Å². The minimum absolute atomic E-state index is 0.0460. The van der Waals surface area contributed by atoms with E-state index >= 15 is 0 Å². The molecule has 0 N–H and O–H groups in total. The second-order valence-corrected chi connectivity index (χ2v) is 17.8. The molecule has 196 valence electrons. The third kappa shape index (κ3) is 8.77. The Bertz CT molecular complexity index is 681. The van der Waals surface area contributed by atoms with E-state index in [1.807, 2.05) is 0 Å². The summed E-state index contributed by atoms with van der Waals surface area (Å²) in [6, 6.07) is 0. The van der Waals surface area contributed by atoms with Crippen LogP contribution in [0.2, 0.25) is 26.2 Å². The molecule has 1 saturated carbocycles. The van der Waals surface area contributed by atoms with Gasteiger partial charge in [0, 0.05) is 24.9 Å². The minimum Gasteiger partial charge on any atom is -0.421 e. The van der Waals surface area contributed by atoms with Crippen LogP contribution in [0.4, 0.5) is 0 Å². The molecule has 5 heteroatoms. The van der Waals surface area contributed by atoms with Crippen LogP contribution in [0.3, 0.4) is 0 Å². The van der Waals surface area contributed by atoms with E-state index < -0.39 is 18.1 Å². The van der Waals surface area contributed by atoms with Crippen molar-refractivity contribution in [3.05, 3.63) is 12.2 Å². The zero-order valence-electron chi connectivity index (χ0n) is 23.9. The van der Waals surface area contributed by atoms with Crippen LogP contribution in [-0.2, 0) is 13.6 Å². The van der Waals surface area contributed by atoms with Crippen LogP contribution in [0.25, 0.3) is 0 Å². The molecule has 0 unspecified atom stereocenters. The Hall–Kier alpha value is -0.676. The van der Waals surface area contributed by atoms with E-state index in [0.717, 1.165) is 25.7 Å². The summed E-state index contributed by atoms with van der Waals surface area (Å²) in [4.78, 5) is 12.2. The molecule has 0 amide bonds. The maximum atomic E-state index is 12.2. The van der Waals surface area contributed by atoms with Gasteiger partial charge >= 0.3 is 0 Å². The highest BCUT2D eigenvalue weighted by atomic mass is 28.3. The molecule has 0 aromatic rings. The second-order valence-electron chi connectivity index (χ2n) is 13.0. The molecule has 5 atom stereocenters. The molecule has 0 bridgehead atoms. The quantitative estimate of drug-likeness (QED) is 0.0884. The second kappa shape index (κ2) is 13.6. The Labute approximate surface area is 215 Å². The standard InChI is InChI=1S/C29H54O3Si2/c1-12-16-25-23(22-30)21-29(28(5,6)7,32-34(10)11)26(25)19-18-24(27(2,3)4)17-14-13-15-20-31-33(8)9/h1,18-19,22-26,33-34H,13-17,20-21H2,2-11H3/t23-,24+,25+,26-,29-/m1/s1. The minimum atomic E-state index is -1.35. The van der Waals surface area contributed by atoms with Crippen LogP contribution >= 0.6 is 0 Å². The van der Waals surface area contributed by atoms with Crippen molar-refractivity contribution in [3.63, 3.8) is 0 Å². The molecule has 3 nitrogen and oxygen atoms in total. The molecule has 1 fully saturated rings. The summed E-state index contributed by atoms with van der Waals surface area (Å²) in [5.41, 5.74) is -0.251. The molecule has 1 rings (SSSR count).